The van der Waals surface area contributed by atoms with Crippen molar-refractivity contribution in [3.63, 3.8) is 0 Å². The summed E-state index contributed by atoms with van der Waals surface area (Å²) in [4.78, 5) is 4.44. The van der Waals surface area contributed by atoms with Crippen molar-refractivity contribution in [1.82, 2.24) is 14.7 Å². The van der Waals surface area contributed by atoms with Crippen LogP contribution in [0.1, 0.15) is 0 Å². The number of anilines is 1. The topological polar surface area (TPSA) is 24.3 Å². The van der Waals surface area contributed by atoms with E-state index in [0.29, 0.717) is 0 Å². The zero-order valence-electron chi connectivity index (χ0n) is 20.1. The SMILES string of the molecule is CN1[CH-]N(c2[c-]cc(-c3ccc(-c4ccccc4)cc3)cc2)CC1.[Ir+3].[c-]1ccccc1-n1cccn1. The Bertz CT molecular complexity index is 1300. The van der Waals surface area contributed by atoms with Gasteiger partial charge in [0, 0.05) is 12.4 Å². The van der Waals surface area contributed by atoms with Crippen LogP contribution in [0, 0.1) is 18.8 Å². The Hall–Kier alpha value is -3.50. The first kappa shape index (κ1) is 25.6. The van der Waals surface area contributed by atoms with Gasteiger partial charge in [-0.25, -0.2) is 0 Å². The fraction of sp³-hybridized carbons (Fsp3) is 0.0968. The fourth-order valence-corrected chi connectivity index (χ4v) is 4.00. The minimum Gasteiger partial charge on any atom is -0.528 e. The van der Waals surface area contributed by atoms with Crippen LogP contribution >= 0.6 is 0 Å². The molecule has 0 spiro atoms. The van der Waals surface area contributed by atoms with Crippen LogP contribution in [0.2, 0.25) is 0 Å². The average Bonchev–Trinajstić information content (AvgIpc) is 3.63. The molecule has 0 aliphatic carbocycles. The smallest absolute Gasteiger partial charge is 0.528 e. The molecule has 0 unspecified atom stereocenters. The molecular weight excluding hydrogens is 621 g/mol. The first-order valence-electron chi connectivity index (χ1n) is 11.7. The minimum atomic E-state index is 0. The summed E-state index contributed by atoms with van der Waals surface area (Å²) in [7, 11) is 2.10. The van der Waals surface area contributed by atoms with Crippen LogP contribution in [0.3, 0.4) is 0 Å². The second-order valence-electron chi connectivity index (χ2n) is 8.39. The summed E-state index contributed by atoms with van der Waals surface area (Å²) in [6, 6.07) is 41.7. The molecule has 6 rings (SSSR count). The van der Waals surface area contributed by atoms with Crippen molar-refractivity contribution in [2.75, 3.05) is 25.0 Å². The second kappa shape index (κ2) is 12.5. The standard InChI is InChI=1S/C22H20N2.C9H7N2.Ir/c1-23-15-16-24(17-23)22-13-11-21(12-14-22)20-9-7-19(8-10-20)18-5-3-2-4-6-18;1-2-5-9(6-3-1)11-8-4-7-10-11;/h2-13,17H,15-16H2,1H3;1-5,7-8H;/q-2;-1;+3. The quantitative estimate of drug-likeness (QED) is 0.212. The van der Waals surface area contributed by atoms with E-state index in [1.165, 1.54) is 22.3 Å². The zero-order valence-corrected chi connectivity index (χ0v) is 22.5. The van der Waals surface area contributed by atoms with Crippen LogP contribution in [0.5, 0.6) is 0 Å². The van der Waals surface area contributed by atoms with E-state index in [1.54, 1.807) is 10.9 Å². The number of aromatic nitrogens is 2. The molecule has 2 heterocycles. The number of para-hydroxylation sites is 1. The summed E-state index contributed by atoms with van der Waals surface area (Å²) in [6.45, 7) is 4.23. The zero-order chi connectivity index (χ0) is 23.9. The van der Waals surface area contributed by atoms with E-state index < -0.39 is 0 Å². The van der Waals surface area contributed by atoms with Crippen molar-refractivity contribution in [2.24, 2.45) is 0 Å². The van der Waals surface area contributed by atoms with Crippen molar-refractivity contribution in [3.8, 4) is 27.9 Å². The first-order chi connectivity index (χ1) is 17.3. The Morgan fingerprint density at radius 1 is 0.694 bits per heavy atom. The summed E-state index contributed by atoms with van der Waals surface area (Å²) >= 11 is 0. The Kier molecular flexibility index (Phi) is 8.85. The summed E-state index contributed by atoms with van der Waals surface area (Å²) in [5.41, 5.74) is 7.02. The molecule has 0 bridgehead atoms. The minimum absolute atomic E-state index is 0. The first-order valence-corrected chi connectivity index (χ1v) is 11.7. The number of likely N-dealkylation sites (N-methyl/N-ethyl adjacent to an activating group) is 1. The molecule has 5 heteroatoms. The molecule has 0 amide bonds. The Balaban J connectivity index is 0.000000213. The van der Waals surface area contributed by atoms with E-state index in [2.05, 4.69) is 107 Å². The van der Waals surface area contributed by atoms with Crippen molar-refractivity contribution in [2.45, 2.75) is 0 Å². The van der Waals surface area contributed by atoms with E-state index in [-0.39, 0.29) is 20.1 Å². The van der Waals surface area contributed by atoms with Crippen molar-refractivity contribution < 1.29 is 20.1 Å². The van der Waals surface area contributed by atoms with E-state index in [1.807, 2.05) is 42.6 Å². The molecule has 0 atom stereocenters. The summed E-state index contributed by atoms with van der Waals surface area (Å²) in [6.07, 6.45) is 3.65. The van der Waals surface area contributed by atoms with Gasteiger partial charge in [0.05, 0.1) is 0 Å². The van der Waals surface area contributed by atoms with Gasteiger partial charge in [-0.05, 0) is 43.0 Å². The predicted octanol–water partition coefficient (Wildman–Crippen LogP) is 6.36. The van der Waals surface area contributed by atoms with E-state index in [4.69, 9.17) is 0 Å². The van der Waals surface area contributed by atoms with Crippen LogP contribution in [0.15, 0.2) is 116 Å². The molecule has 0 saturated carbocycles. The maximum absolute atomic E-state index is 4.07. The van der Waals surface area contributed by atoms with Gasteiger partial charge in [0.15, 0.2) is 0 Å². The van der Waals surface area contributed by atoms with E-state index >= 15 is 0 Å². The van der Waals surface area contributed by atoms with Gasteiger partial charge >= 0.3 is 20.1 Å². The largest absolute Gasteiger partial charge is 3.00 e. The molecule has 1 saturated heterocycles. The number of hydrogen-bond acceptors (Lipinski definition) is 3. The van der Waals surface area contributed by atoms with Gasteiger partial charge in [-0.2, -0.15) is 54.2 Å². The van der Waals surface area contributed by atoms with Crippen LogP contribution in [-0.2, 0) is 20.1 Å². The van der Waals surface area contributed by atoms with Gasteiger partial charge in [0.1, 0.15) is 0 Å². The molecule has 5 aromatic rings. The van der Waals surface area contributed by atoms with Gasteiger partial charge in [0.2, 0.25) is 0 Å². The molecule has 1 aliphatic rings. The third kappa shape index (κ3) is 6.38. The molecule has 180 valence electrons. The van der Waals surface area contributed by atoms with Crippen molar-refractivity contribution >= 4 is 5.69 Å². The van der Waals surface area contributed by atoms with Crippen LogP contribution < -0.4 is 4.90 Å². The Morgan fingerprint density at radius 3 is 1.97 bits per heavy atom. The Labute approximate surface area is 227 Å². The van der Waals surface area contributed by atoms with Gasteiger partial charge in [-0.1, -0.05) is 60.2 Å². The molecule has 4 nitrogen and oxygen atoms in total. The van der Waals surface area contributed by atoms with Crippen molar-refractivity contribution in [3.05, 3.63) is 134 Å². The van der Waals surface area contributed by atoms with Crippen LogP contribution in [-0.4, -0.2) is 34.8 Å². The maximum atomic E-state index is 4.07. The molecule has 4 aromatic carbocycles. The number of nitrogens with zero attached hydrogens (tertiary/aromatic N) is 4. The fourth-order valence-electron chi connectivity index (χ4n) is 4.00. The molecule has 0 N–H and O–H groups in total. The molecule has 0 radical (unpaired) electrons. The molecular formula is C31H27IrN4. The van der Waals surface area contributed by atoms with Gasteiger partial charge in [-0.15, -0.1) is 23.4 Å². The predicted molar refractivity (Wildman–Crippen MR) is 143 cm³/mol. The maximum Gasteiger partial charge on any atom is 3.00 e. The Morgan fingerprint density at radius 2 is 1.39 bits per heavy atom. The normalized spacial score (nSPS) is 13.0. The third-order valence-corrected chi connectivity index (χ3v) is 5.91. The molecule has 36 heavy (non-hydrogen) atoms. The van der Waals surface area contributed by atoms with E-state index in [9.17, 15) is 0 Å². The molecule has 1 fully saturated rings. The second-order valence-corrected chi connectivity index (χ2v) is 8.39. The van der Waals surface area contributed by atoms with Crippen LogP contribution in [0.4, 0.5) is 5.69 Å². The van der Waals surface area contributed by atoms with Gasteiger partial charge in [0.25, 0.3) is 0 Å². The monoisotopic (exact) mass is 648 g/mol. The van der Waals surface area contributed by atoms with Gasteiger partial charge in [-0.3, -0.25) is 4.68 Å². The summed E-state index contributed by atoms with van der Waals surface area (Å²) in [5, 5.41) is 4.07. The number of hydrogen-bond donors (Lipinski definition) is 0. The molecule has 1 aromatic heterocycles. The third-order valence-electron chi connectivity index (χ3n) is 5.91. The van der Waals surface area contributed by atoms with Crippen LogP contribution in [0.25, 0.3) is 27.9 Å². The van der Waals surface area contributed by atoms with Gasteiger partial charge < -0.3 is 9.80 Å². The average molecular weight is 648 g/mol. The van der Waals surface area contributed by atoms with Crippen molar-refractivity contribution in [1.29, 1.82) is 0 Å². The van der Waals surface area contributed by atoms with E-state index in [0.717, 1.165) is 24.5 Å². The molecule has 1 aliphatic heterocycles. The summed E-state index contributed by atoms with van der Waals surface area (Å²) in [5.74, 6) is 0. The summed E-state index contributed by atoms with van der Waals surface area (Å²) < 4.78 is 1.78. The number of rotatable bonds is 4. The number of benzene rings is 4.